The fraction of sp³-hybridized carbons (Fsp3) is 0.875. The summed E-state index contributed by atoms with van der Waals surface area (Å²) in [5, 5.41) is 23.0. The Balaban J connectivity index is 1.99. The van der Waals surface area contributed by atoms with E-state index in [4.69, 9.17) is 8.85 Å². The van der Waals surface area contributed by atoms with Crippen LogP contribution in [0.15, 0.2) is 23.3 Å². The molecular weight excluding hydrogens is 505 g/mol. The molecule has 2 rings (SSSR count). The van der Waals surface area contributed by atoms with E-state index >= 15 is 0 Å². The third-order valence-electron chi connectivity index (χ3n) is 10.6. The molecule has 2 N–H and O–H groups in total. The molecule has 0 bridgehead atoms. The summed E-state index contributed by atoms with van der Waals surface area (Å²) in [6.07, 6.45) is 11.6. The predicted molar refractivity (Wildman–Crippen MR) is 168 cm³/mol. The summed E-state index contributed by atoms with van der Waals surface area (Å²) in [7, 11) is -3.70. The molecular formula is C32H62O4Si2. The van der Waals surface area contributed by atoms with E-state index in [9.17, 15) is 10.2 Å². The summed E-state index contributed by atoms with van der Waals surface area (Å²) in [4.78, 5) is 0. The van der Waals surface area contributed by atoms with E-state index in [0.717, 1.165) is 51.4 Å². The van der Waals surface area contributed by atoms with E-state index in [1.807, 2.05) is 0 Å². The molecule has 0 saturated heterocycles. The number of aliphatic hydroxyl groups is 2. The molecule has 0 aromatic heterocycles. The maximum absolute atomic E-state index is 11.3. The maximum atomic E-state index is 11.3. The zero-order valence-corrected chi connectivity index (χ0v) is 29.1. The van der Waals surface area contributed by atoms with E-state index in [-0.39, 0.29) is 20.9 Å². The molecule has 38 heavy (non-hydrogen) atoms. The first-order valence-electron chi connectivity index (χ1n) is 15.2. The summed E-state index contributed by atoms with van der Waals surface area (Å²) < 4.78 is 13.1. The summed E-state index contributed by atoms with van der Waals surface area (Å²) in [6, 6.07) is 0. The lowest BCUT2D eigenvalue weighted by Gasteiger charge is -2.44. The predicted octanol–water partition coefficient (Wildman–Crippen LogP) is 8.77. The van der Waals surface area contributed by atoms with Crippen LogP contribution in [0.2, 0.25) is 36.3 Å². The van der Waals surface area contributed by atoms with E-state index in [1.54, 1.807) is 0 Å². The van der Waals surface area contributed by atoms with Crippen LogP contribution >= 0.6 is 0 Å². The Kier molecular flexibility index (Phi) is 11.0. The van der Waals surface area contributed by atoms with Crippen molar-refractivity contribution in [2.45, 2.75) is 155 Å². The van der Waals surface area contributed by atoms with E-state index in [1.165, 1.54) is 11.1 Å². The van der Waals surface area contributed by atoms with Crippen molar-refractivity contribution in [1.82, 2.24) is 0 Å². The van der Waals surface area contributed by atoms with Gasteiger partial charge in [-0.3, -0.25) is 0 Å². The van der Waals surface area contributed by atoms with Gasteiger partial charge in [0.2, 0.25) is 0 Å². The van der Waals surface area contributed by atoms with Crippen molar-refractivity contribution < 1.29 is 19.1 Å². The minimum atomic E-state index is -1.85. The first-order chi connectivity index (χ1) is 17.2. The molecule has 0 unspecified atom stereocenters. The summed E-state index contributed by atoms with van der Waals surface area (Å²) in [5.74, 6) is 0. The van der Waals surface area contributed by atoms with Gasteiger partial charge in [0.25, 0.3) is 0 Å². The number of unbranched alkanes of at least 4 members (excludes halogenated alkanes) is 1. The Labute approximate surface area is 237 Å². The van der Waals surface area contributed by atoms with E-state index in [2.05, 4.69) is 93.7 Å². The molecule has 0 aromatic carbocycles. The molecule has 2 saturated carbocycles. The Morgan fingerprint density at radius 2 is 1.03 bits per heavy atom. The average Bonchev–Trinajstić information content (AvgIpc) is 2.78. The van der Waals surface area contributed by atoms with Gasteiger partial charge in [-0.15, -0.1) is 0 Å². The van der Waals surface area contributed by atoms with Crippen LogP contribution in [-0.4, -0.2) is 52.3 Å². The highest BCUT2D eigenvalue weighted by atomic mass is 28.4. The molecule has 2 fully saturated rings. The molecule has 4 atom stereocenters. The molecule has 0 aromatic rings. The SMILES string of the molecule is CC(C)(C)[Si](C)(C)OC[C@@]1(C)CCC/C(=C/CC/C=C2/CCC[C@@](C)(CO[Si](C)(C)C(C)(C)C)[C@H]2O)[C@H]1O. The first-order valence-corrected chi connectivity index (χ1v) is 21.0. The summed E-state index contributed by atoms with van der Waals surface area (Å²) >= 11 is 0. The van der Waals surface area contributed by atoms with Crippen LogP contribution in [0.4, 0.5) is 0 Å². The lowest BCUT2D eigenvalue weighted by molar-refractivity contribution is -0.00111. The summed E-state index contributed by atoms with van der Waals surface area (Å²) in [5.41, 5.74) is 1.91. The highest BCUT2D eigenvalue weighted by molar-refractivity contribution is 6.74. The zero-order valence-electron chi connectivity index (χ0n) is 27.1. The van der Waals surface area contributed by atoms with Crippen LogP contribution in [0.5, 0.6) is 0 Å². The first kappa shape index (κ1) is 34.0. The lowest BCUT2D eigenvalue weighted by Crippen LogP contribution is -2.47. The van der Waals surface area contributed by atoms with Gasteiger partial charge in [0.15, 0.2) is 16.6 Å². The Morgan fingerprint density at radius 1 is 0.711 bits per heavy atom. The second-order valence-electron chi connectivity index (χ2n) is 16.1. The van der Waals surface area contributed by atoms with Crippen molar-refractivity contribution >= 4 is 16.6 Å². The van der Waals surface area contributed by atoms with Crippen LogP contribution in [0, 0.1) is 10.8 Å². The Morgan fingerprint density at radius 3 is 1.32 bits per heavy atom. The molecule has 6 heteroatoms. The quantitative estimate of drug-likeness (QED) is 0.166. The number of hydrogen-bond acceptors (Lipinski definition) is 4. The topological polar surface area (TPSA) is 58.9 Å². The second kappa shape index (κ2) is 12.3. The van der Waals surface area contributed by atoms with E-state index in [0.29, 0.717) is 13.2 Å². The Bertz CT molecular complexity index is 779. The van der Waals surface area contributed by atoms with Gasteiger partial charge >= 0.3 is 0 Å². The molecule has 0 radical (unpaired) electrons. The van der Waals surface area contributed by atoms with Crippen LogP contribution in [-0.2, 0) is 8.85 Å². The number of rotatable bonds is 9. The van der Waals surface area contributed by atoms with Crippen LogP contribution in [0.1, 0.15) is 107 Å². The van der Waals surface area contributed by atoms with Crippen molar-refractivity contribution in [1.29, 1.82) is 0 Å². The molecule has 4 nitrogen and oxygen atoms in total. The minimum Gasteiger partial charge on any atom is -0.416 e. The summed E-state index contributed by atoms with van der Waals surface area (Å²) in [6.45, 7) is 28.4. The van der Waals surface area contributed by atoms with Crippen LogP contribution in [0.25, 0.3) is 0 Å². The molecule has 0 aliphatic heterocycles. The maximum Gasteiger partial charge on any atom is 0.192 e. The van der Waals surface area contributed by atoms with Gasteiger partial charge < -0.3 is 19.1 Å². The van der Waals surface area contributed by atoms with Crippen molar-refractivity contribution in [3.8, 4) is 0 Å². The average molecular weight is 567 g/mol. The third-order valence-corrected chi connectivity index (χ3v) is 19.5. The Hall–Kier alpha value is -0.246. The number of aliphatic hydroxyl groups excluding tert-OH is 2. The standard InChI is InChI=1S/C32H62O4Si2/c1-29(2,3)37(9,10)35-23-31(7)21-15-19-25(27(31)33)17-13-14-18-26-20-16-22-32(8,28(26)34)24-36-38(11,12)30(4,5)6/h17-18,27-28,33-34H,13-16,19-24H2,1-12H3/b25-17-,26-18-/t27-,28+,31-,32+. The lowest BCUT2D eigenvalue weighted by atomic mass is 9.71. The van der Waals surface area contributed by atoms with Gasteiger partial charge in [0.1, 0.15) is 0 Å². The third kappa shape index (κ3) is 8.16. The molecule has 2 aliphatic rings. The number of hydrogen-bond donors (Lipinski definition) is 2. The normalized spacial score (nSPS) is 32.3. The van der Waals surface area contributed by atoms with Gasteiger partial charge in [0, 0.05) is 24.0 Å². The highest BCUT2D eigenvalue weighted by Gasteiger charge is 2.44. The van der Waals surface area contributed by atoms with Gasteiger partial charge in [-0.25, -0.2) is 0 Å². The fourth-order valence-electron chi connectivity index (χ4n) is 5.23. The molecule has 0 heterocycles. The van der Waals surface area contributed by atoms with Gasteiger partial charge in [-0.1, -0.05) is 67.5 Å². The molecule has 0 amide bonds. The van der Waals surface area contributed by atoms with E-state index < -0.39 is 28.8 Å². The van der Waals surface area contributed by atoms with Gasteiger partial charge in [0.05, 0.1) is 12.2 Å². The van der Waals surface area contributed by atoms with Crippen molar-refractivity contribution in [3.63, 3.8) is 0 Å². The zero-order chi connectivity index (χ0) is 29.2. The molecule has 2 aliphatic carbocycles. The monoisotopic (exact) mass is 566 g/mol. The highest BCUT2D eigenvalue weighted by Crippen LogP contribution is 2.44. The largest absolute Gasteiger partial charge is 0.416 e. The van der Waals surface area contributed by atoms with Gasteiger partial charge in [-0.05, 0) is 98.8 Å². The number of allylic oxidation sites excluding steroid dienone is 2. The smallest absolute Gasteiger partial charge is 0.192 e. The van der Waals surface area contributed by atoms with Crippen molar-refractivity contribution in [2.24, 2.45) is 10.8 Å². The van der Waals surface area contributed by atoms with Crippen LogP contribution in [0.3, 0.4) is 0 Å². The molecule has 222 valence electrons. The fourth-order valence-corrected chi connectivity index (χ4v) is 7.47. The van der Waals surface area contributed by atoms with Crippen LogP contribution < -0.4 is 0 Å². The molecule has 0 spiro atoms. The second-order valence-corrected chi connectivity index (χ2v) is 25.7. The van der Waals surface area contributed by atoms with Crippen molar-refractivity contribution in [3.05, 3.63) is 23.3 Å². The van der Waals surface area contributed by atoms with Crippen molar-refractivity contribution in [2.75, 3.05) is 13.2 Å². The van der Waals surface area contributed by atoms with Gasteiger partial charge in [-0.2, -0.15) is 0 Å². The minimum absolute atomic E-state index is 0.172.